The van der Waals surface area contributed by atoms with Gasteiger partial charge in [0.15, 0.2) is 0 Å². The van der Waals surface area contributed by atoms with Gasteiger partial charge in [-0.05, 0) is 49.6 Å². The van der Waals surface area contributed by atoms with Gasteiger partial charge < -0.3 is 10.6 Å². The molecule has 2 N–H and O–H groups in total. The Morgan fingerprint density at radius 3 is 2.36 bits per heavy atom. The van der Waals surface area contributed by atoms with Gasteiger partial charge in [0.05, 0.1) is 11.9 Å². The van der Waals surface area contributed by atoms with Crippen LogP contribution in [0.15, 0.2) is 30.5 Å². The van der Waals surface area contributed by atoms with Crippen molar-refractivity contribution >= 4 is 17.4 Å². The van der Waals surface area contributed by atoms with Gasteiger partial charge >= 0.3 is 0 Å². The molecule has 0 aliphatic heterocycles. The van der Waals surface area contributed by atoms with E-state index in [1.807, 2.05) is 19.1 Å². The number of rotatable bonds is 5. The number of anilines is 2. The zero-order valence-electron chi connectivity index (χ0n) is 13.7. The van der Waals surface area contributed by atoms with Crippen LogP contribution < -0.4 is 10.6 Å². The monoisotopic (exact) mass is 297 g/mol. The molecule has 1 aromatic carbocycles. The number of hydrogen-bond acceptors (Lipinski definition) is 3. The van der Waals surface area contributed by atoms with E-state index in [1.54, 1.807) is 6.20 Å². The predicted molar refractivity (Wildman–Crippen MR) is 91.1 cm³/mol. The maximum absolute atomic E-state index is 11.3. The van der Waals surface area contributed by atoms with E-state index in [-0.39, 0.29) is 5.91 Å². The topological polar surface area (TPSA) is 54.0 Å². The summed E-state index contributed by atoms with van der Waals surface area (Å²) in [5, 5.41) is 6.12. The maximum atomic E-state index is 11.3. The van der Waals surface area contributed by atoms with Crippen LogP contribution in [0, 0.1) is 20.8 Å². The fraction of sp³-hybridized carbons (Fsp3) is 0.333. The number of amides is 1. The number of aryl methyl sites for hydroxylation is 3. The largest absolute Gasteiger partial charge is 0.366 e. The molecule has 0 bridgehead atoms. The first-order valence-electron chi connectivity index (χ1n) is 7.56. The predicted octanol–water partition coefficient (Wildman–Crippen LogP) is 3.97. The number of hydrogen-bond donors (Lipinski definition) is 2. The molecule has 4 nitrogen and oxygen atoms in total. The molecule has 0 fully saturated rings. The molecule has 0 unspecified atom stereocenters. The molecule has 0 saturated heterocycles. The van der Waals surface area contributed by atoms with Crippen LogP contribution >= 0.6 is 0 Å². The minimum Gasteiger partial charge on any atom is -0.366 e. The Morgan fingerprint density at radius 1 is 1.14 bits per heavy atom. The fourth-order valence-corrected chi connectivity index (χ4v) is 2.49. The van der Waals surface area contributed by atoms with Crippen molar-refractivity contribution in [3.8, 4) is 0 Å². The summed E-state index contributed by atoms with van der Waals surface area (Å²) in [6, 6.07) is 8.13. The zero-order valence-corrected chi connectivity index (χ0v) is 13.7. The first-order valence-corrected chi connectivity index (χ1v) is 7.56. The number of carbonyl (C=O) groups excluding carboxylic acids is 1. The molecule has 2 rings (SSSR count). The molecule has 0 aliphatic carbocycles. The molecule has 0 aliphatic rings. The summed E-state index contributed by atoms with van der Waals surface area (Å²) >= 11 is 0. The molecule has 0 saturated carbocycles. The van der Waals surface area contributed by atoms with Crippen LogP contribution in [-0.4, -0.2) is 10.9 Å². The van der Waals surface area contributed by atoms with E-state index in [9.17, 15) is 4.79 Å². The molecule has 0 atom stereocenters. The van der Waals surface area contributed by atoms with Crippen LogP contribution in [0.3, 0.4) is 0 Å². The Bertz CT molecular complexity index is 640. The highest BCUT2D eigenvalue weighted by Crippen LogP contribution is 2.18. The summed E-state index contributed by atoms with van der Waals surface area (Å²) < 4.78 is 0. The van der Waals surface area contributed by atoms with Gasteiger partial charge in [-0.3, -0.25) is 4.79 Å². The third-order valence-corrected chi connectivity index (χ3v) is 3.66. The van der Waals surface area contributed by atoms with E-state index in [2.05, 4.69) is 48.5 Å². The Labute approximate surface area is 132 Å². The standard InChI is InChI=1S/C18H23N3O/c1-5-18(22)21-15-6-7-17(19-10-15)20-11-16-13(3)8-12(2)9-14(16)4/h6-10H,5,11H2,1-4H3,(H,19,20)(H,21,22). The molecule has 1 amide bonds. The summed E-state index contributed by atoms with van der Waals surface area (Å²) in [5.74, 6) is 0.794. The summed E-state index contributed by atoms with van der Waals surface area (Å²) in [6.45, 7) is 8.94. The Balaban J connectivity index is 2.02. The van der Waals surface area contributed by atoms with E-state index < -0.39 is 0 Å². The summed E-state index contributed by atoms with van der Waals surface area (Å²) in [6.07, 6.45) is 2.14. The van der Waals surface area contributed by atoms with Crippen LogP contribution in [-0.2, 0) is 11.3 Å². The van der Waals surface area contributed by atoms with Crippen molar-refractivity contribution < 1.29 is 4.79 Å². The normalized spacial score (nSPS) is 10.4. The molecule has 4 heteroatoms. The van der Waals surface area contributed by atoms with Crippen molar-refractivity contribution in [3.05, 3.63) is 52.7 Å². The lowest BCUT2D eigenvalue weighted by atomic mass is 10.00. The van der Waals surface area contributed by atoms with E-state index in [0.29, 0.717) is 6.42 Å². The SMILES string of the molecule is CCC(=O)Nc1ccc(NCc2c(C)cc(C)cc2C)nc1. The van der Waals surface area contributed by atoms with Gasteiger partial charge in [-0.2, -0.15) is 0 Å². The number of aromatic nitrogens is 1. The van der Waals surface area contributed by atoms with Crippen LogP contribution in [0.5, 0.6) is 0 Å². The summed E-state index contributed by atoms with van der Waals surface area (Å²) in [4.78, 5) is 15.7. The first-order chi connectivity index (χ1) is 10.5. The second-order valence-corrected chi connectivity index (χ2v) is 5.56. The number of nitrogens with one attached hydrogen (secondary N) is 2. The van der Waals surface area contributed by atoms with Crippen LogP contribution in [0.1, 0.15) is 35.6 Å². The number of pyridine rings is 1. The third kappa shape index (κ3) is 4.07. The quantitative estimate of drug-likeness (QED) is 0.878. The van der Waals surface area contributed by atoms with Crippen molar-refractivity contribution in [2.75, 3.05) is 10.6 Å². The van der Waals surface area contributed by atoms with Gasteiger partial charge in [0, 0.05) is 13.0 Å². The van der Waals surface area contributed by atoms with Gasteiger partial charge in [-0.1, -0.05) is 24.6 Å². The Kier molecular flexibility index (Phi) is 5.15. The van der Waals surface area contributed by atoms with Crippen molar-refractivity contribution in [2.45, 2.75) is 40.7 Å². The highest BCUT2D eigenvalue weighted by molar-refractivity contribution is 5.90. The molecular weight excluding hydrogens is 274 g/mol. The smallest absolute Gasteiger partial charge is 0.224 e. The molecule has 116 valence electrons. The first kappa shape index (κ1) is 16.0. The van der Waals surface area contributed by atoms with E-state index in [4.69, 9.17) is 0 Å². The van der Waals surface area contributed by atoms with Gasteiger partial charge in [0.2, 0.25) is 5.91 Å². The average Bonchev–Trinajstić information content (AvgIpc) is 2.47. The molecule has 1 aromatic heterocycles. The van der Waals surface area contributed by atoms with Crippen LogP contribution in [0.4, 0.5) is 11.5 Å². The van der Waals surface area contributed by atoms with Gasteiger partial charge in [-0.25, -0.2) is 4.98 Å². The molecule has 0 spiro atoms. The highest BCUT2D eigenvalue weighted by atomic mass is 16.1. The van der Waals surface area contributed by atoms with Crippen molar-refractivity contribution in [1.29, 1.82) is 0 Å². The Hall–Kier alpha value is -2.36. The van der Waals surface area contributed by atoms with Gasteiger partial charge in [-0.15, -0.1) is 0 Å². The lowest BCUT2D eigenvalue weighted by molar-refractivity contribution is -0.115. The zero-order chi connectivity index (χ0) is 16.1. The third-order valence-electron chi connectivity index (χ3n) is 3.66. The molecule has 1 heterocycles. The number of nitrogens with zero attached hydrogens (tertiary/aromatic N) is 1. The van der Waals surface area contributed by atoms with Crippen molar-refractivity contribution in [1.82, 2.24) is 4.98 Å². The lowest BCUT2D eigenvalue weighted by Gasteiger charge is -2.13. The number of benzene rings is 1. The minimum atomic E-state index is -0.00610. The molecule has 0 radical (unpaired) electrons. The highest BCUT2D eigenvalue weighted by Gasteiger charge is 2.05. The summed E-state index contributed by atoms with van der Waals surface area (Å²) in [5.41, 5.74) is 5.89. The average molecular weight is 297 g/mol. The van der Waals surface area contributed by atoms with Crippen molar-refractivity contribution in [3.63, 3.8) is 0 Å². The van der Waals surface area contributed by atoms with Crippen molar-refractivity contribution in [2.24, 2.45) is 0 Å². The van der Waals surface area contributed by atoms with Crippen LogP contribution in [0.2, 0.25) is 0 Å². The molecule has 22 heavy (non-hydrogen) atoms. The molecular formula is C18H23N3O. The number of carbonyl (C=O) groups is 1. The Morgan fingerprint density at radius 2 is 1.82 bits per heavy atom. The lowest BCUT2D eigenvalue weighted by Crippen LogP contribution is -2.10. The van der Waals surface area contributed by atoms with Gasteiger partial charge in [0.1, 0.15) is 5.82 Å². The minimum absolute atomic E-state index is 0.00610. The van der Waals surface area contributed by atoms with E-state index in [0.717, 1.165) is 18.1 Å². The van der Waals surface area contributed by atoms with Gasteiger partial charge in [0.25, 0.3) is 0 Å². The van der Waals surface area contributed by atoms with Crippen LogP contribution in [0.25, 0.3) is 0 Å². The van der Waals surface area contributed by atoms with E-state index >= 15 is 0 Å². The molecule has 2 aromatic rings. The second-order valence-electron chi connectivity index (χ2n) is 5.56. The maximum Gasteiger partial charge on any atom is 0.224 e. The summed E-state index contributed by atoms with van der Waals surface area (Å²) in [7, 11) is 0. The van der Waals surface area contributed by atoms with E-state index in [1.165, 1.54) is 22.3 Å². The fourth-order valence-electron chi connectivity index (χ4n) is 2.49. The second kappa shape index (κ2) is 7.07.